The van der Waals surface area contributed by atoms with Gasteiger partial charge in [0.05, 0.1) is 0 Å². The number of nitrogens with two attached hydrogens (primary N) is 2. The molecule has 2 heteroatoms. The highest BCUT2D eigenvalue weighted by Crippen LogP contribution is 2.12. The molecule has 0 saturated heterocycles. The van der Waals surface area contributed by atoms with Crippen LogP contribution >= 0.6 is 0 Å². The molecule has 0 heterocycles. The Bertz CT molecular complexity index is 202. The number of hydrogen-bond donors (Lipinski definition) is 2. The molecule has 0 saturated carbocycles. The van der Waals surface area contributed by atoms with E-state index in [9.17, 15) is 0 Å². The molecule has 0 aromatic carbocycles. The van der Waals surface area contributed by atoms with Gasteiger partial charge in [-0.05, 0) is 12.8 Å². The Morgan fingerprint density at radius 1 is 0.750 bits per heavy atom. The second-order valence-corrected chi connectivity index (χ2v) is 6.01. The van der Waals surface area contributed by atoms with Crippen molar-refractivity contribution >= 4 is 0 Å². The zero-order valence-corrected chi connectivity index (χ0v) is 13.8. The van der Waals surface area contributed by atoms with Gasteiger partial charge in [-0.3, -0.25) is 0 Å². The third kappa shape index (κ3) is 15.7. The molecule has 4 N–H and O–H groups in total. The first-order valence-electron chi connectivity index (χ1n) is 8.93. The molecular formula is C18H38N2. The fraction of sp³-hybridized carbons (Fsp3) is 0.889. The van der Waals surface area contributed by atoms with Gasteiger partial charge in [-0.1, -0.05) is 89.7 Å². The Kier molecular flexibility index (Phi) is 16.4. The lowest BCUT2D eigenvalue weighted by atomic mass is 10.0. The van der Waals surface area contributed by atoms with Crippen LogP contribution in [0.4, 0.5) is 0 Å². The van der Waals surface area contributed by atoms with Crippen molar-refractivity contribution in [1.29, 1.82) is 0 Å². The van der Waals surface area contributed by atoms with Crippen LogP contribution in [0.5, 0.6) is 0 Å². The maximum Gasteiger partial charge on any atom is 0.0348 e. The number of hydrogen-bond acceptors (Lipinski definition) is 2. The minimum absolute atomic E-state index is 0.0485. The van der Waals surface area contributed by atoms with Crippen molar-refractivity contribution in [3.8, 4) is 0 Å². The molecule has 120 valence electrons. The predicted octanol–water partition coefficient (Wildman–Crippen LogP) is 4.92. The molecule has 0 aromatic heterocycles. The molecule has 2 nitrogen and oxygen atoms in total. The van der Waals surface area contributed by atoms with Gasteiger partial charge < -0.3 is 11.5 Å². The average molecular weight is 283 g/mol. The fourth-order valence-corrected chi connectivity index (χ4v) is 2.45. The molecular weight excluding hydrogens is 244 g/mol. The predicted molar refractivity (Wildman–Crippen MR) is 91.9 cm³/mol. The number of unbranched alkanes of at least 4 members (excludes halogenated alkanes) is 12. The van der Waals surface area contributed by atoms with Gasteiger partial charge >= 0.3 is 0 Å². The molecule has 1 atom stereocenters. The van der Waals surface area contributed by atoms with E-state index >= 15 is 0 Å². The highest BCUT2D eigenvalue weighted by atomic mass is 14.7. The van der Waals surface area contributed by atoms with E-state index in [1.807, 2.05) is 6.08 Å². The van der Waals surface area contributed by atoms with E-state index in [2.05, 4.69) is 13.0 Å². The Balaban J connectivity index is 3.04. The van der Waals surface area contributed by atoms with E-state index in [1.165, 1.54) is 77.0 Å². The van der Waals surface area contributed by atoms with Crippen molar-refractivity contribution in [2.45, 2.75) is 96.4 Å². The smallest absolute Gasteiger partial charge is 0.0348 e. The first kappa shape index (κ1) is 19.7. The number of rotatable bonds is 15. The van der Waals surface area contributed by atoms with Crippen LogP contribution in [0.3, 0.4) is 0 Å². The van der Waals surface area contributed by atoms with Gasteiger partial charge in [-0.2, -0.15) is 0 Å². The molecule has 0 aliphatic heterocycles. The minimum Gasteiger partial charge on any atom is -0.329 e. The number of allylic oxidation sites excluding steroid dienone is 1. The zero-order chi connectivity index (χ0) is 14.9. The van der Waals surface area contributed by atoms with Crippen LogP contribution in [0.15, 0.2) is 12.2 Å². The van der Waals surface area contributed by atoms with Crippen LogP contribution < -0.4 is 11.5 Å². The topological polar surface area (TPSA) is 52.0 Å². The van der Waals surface area contributed by atoms with Gasteiger partial charge in [0.25, 0.3) is 0 Å². The average Bonchev–Trinajstić information content (AvgIpc) is 2.47. The van der Waals surface area contributed by atoms with Gasteiger partial charge in [0.15, 0.2) is 0 Å². The highest BCUT2D eigenvalue weighted by Gasteiger charge is 1.93. The van der Waals surface area contributed by atoms with Crippen molar-refractivity contribution in [1.82, 2.24) is 0 Å². The summed E-state index contributed by atoms with van der Waals surface area (Å²) in [6, 6.07) is 0.0485. The van der Waals surface area contributed by atoms with Crippen molar-refractivity contribution in [3.05, 3.63) is 12.2 Å². The highest BCUT2D eigenvalue weighted by molar-refractivity contribution is 4.91. The van der Waals surface area contributed by atoms with Gasteiger partial charge in [0.1, 0.15) is 0 Å². The van der Waals surface area contributed by atoms with Crippen LogP contribution in [0.1, 0.15) is 90.4 Å². The summed E-state index contributed by atoms with van der Waals surface area (Å²) in [5.41, 5.74) is 11.2. The Morgan fingerprint density at radius 3 is 1.65 bits per heavy atom. The Hall–Kier alpha value is -0.340. The monoisotopic (exact) mass is 282 g/mol. The summed E-state index contributed by atoms with van der Waals surface area (Å²) in [5, 5.41) is 0. The fourth-order valence-electron chi connectivity index (χ4n) is 2.45. The third-order valence-electron chi connectivity index (χ3n) is 3.88. The molecule has 1 unspecified atom stereocenters. The summed E-state index contributed by atoms with van der Waals surface area (Å²) < 4.78 is 0. The van der Waals surface area contributed by atoms with Crippen LogP contribution in [-0.4, -0.2) is 12.6 Å². The first-order chi connectivity index (χ1) is 9.81. The maximum absolute atomic E-state index is 5.71. The molecule has 0 bridgehead atoms. The molecule has 0 spiro atoms. The molecule has 0 rings (SSSR count). The molecule has 0 amide bonds. The summed E-state index contributed by atoms with van der Waals surface area (Å²) in [5.74, 6) is 0. The second-order valence-electron chi connectivity index (χ2n) is 6.01. The maximum atomic E-state index is 5.71. The second kappa shape index (κ2) is 16.7. The molecule has 0 aromatic rings. The SMILES string of the molecule is CCCCCCCCCCCCCCC=CC(N)CN. The van der Waals surface area contributed by atoms with Crippen molar-refractivity contribution in [3.63, 3.8) is 0 Å². The van der Waals surface area contributed by atoms with Gasteiger partial charge in [0, 0.05) is 12.6 Å². The third-order valence-corrected chi connectivity index (χ3v) is 3.88. The van der Waals surface area contributed by atoms with Gasteiger partial charge in [0.2, 0.25) is 0 Å². The Morgan fingerprint density at radius 2 is 1.20 bits per heavy atom. The van der Waals surface area contributed by atoms with E-state index in [0.29, 0.717) is 6.54 Å². The summed E-state index contributed by atoms with van der Waals surface area (Å²) in [7, 11) is 0. The van der Waals surface area contributed by atoms with Crippen molar-refractivity contribution in [2.24, 2.45) is 11.5 Å². The molecule has 20 heavy (non-hydrogen) atoms. The molecule has 0 aliphatic carbocycles. The lowest BCUT2D eigenvalue weighted by Crippen LogP contribution is -2.26. The lowest BCUT2D eigenvalue weighted by Gasteiger charge is -2.02. The molecule has 0 fully saturated rings. The summed E-state index contributed by atoms with van der Waals surface area (Å²) in [4.78, 5) is 0. The standard InChI is InChI=1S/C18H38N2/c1-2-3-4-5-6-7-8-9-10-11-12-13-14-15-16-18(20)17-19/h15-16,18H,2-14,17,19-20H2,1H3. The summed E-state index contributed by atoms with van der Waals surface area (Å²) in [6.45, 7) is 2.83. The van der Waals surface area contributed by atoms with Crippen molar-refractivity contribution < 1.29 is 0 Å². The lowest BCUT2D eigenvalue weighted by molar-refractivity contribution is 0.545. The van der Waals surface area contributed by atoms with Crippen LogP contribution in [-0.2, 0) is 0 Å². The van der Waals surface area contributed by atoms with Crippen LogP contribution in [0, 0.1) is 0 Å². The van der Waals surface area contributed by atoms with Gasteiger partial charge in [-0.15, -0.1) is 0 Å². The quantitative estimate of drug-likeness (QED) is 0.331. The van der Waals surface area contributed by atoms with E-state index in [1.54, 1.807) is 0 Å². The summed E-state index contributed by atoms with van der Waals surface area (Å²) >= 11 is 0. The van der Waals surface area contributed by atoms with E-state index in [4.69, 9.17) is 11.5 Å². The minimum atomic E-state index is 0.0485. The van der Waals surface area contributed by atoms with Crippen LogP contribution in [0.2, 0.25) is 0 Å². The van der Waals surface area contributed by atoms with E-state index in [-0.39, 0.29) is 6.04 Å². The molecule has 0 aliphatic rings. The first-order valence-corrected chi connectivity index (χ1v) is 8.93. The zero-order valence-electron chi connectivity index (χ0n) is 13.8. The summed E-state index contributed by atoms with van der Waals surface area (Å²) in [6.07, 6.45) is 22.3. The normalized spacial score (nSPS) is 13.2. The van der Waals surface area contributed by atoms with E-state index in [0.717, 1.165) is 6.42 Å². The van der Waals surface area contributed by atoms with Gasteiger partial charge in [-0.25, -0.2) is 0 Å². The van der Waals surface area contributed by atoms with E-state index < -0.39 is 0 Å². The Labute approximate surface area is 127 Å². The largest absolute Gasteiger partial charge is 0.329 e. The van der Waals surface area contributed by atoms with Crippen molar-refractivity contribution in [2.75, 3.05) is 6.54 Å². The van der Waals surface area contributed by atoms with Crippen LogP contribution in [0.25, 0.3) is 0 Å². The molecule has 0 radical (unpaired) electrons.